The Labute approximate surface area is 164 Å². The SMILES string of the molecule is CN1CCC2(CC1)OCCc1cc(C(=O)NC3C=CCCC3)sc12.O=CO. The first kappa shape index (κ1) is 20.0. The van der Waals surface area contributed by atoms with Crippen LogP contribution in [0, 0.1) is 0 Å². The summed E-state index contributed by atoms with van der Waals surface area (Å²) in [5.74, 6) is 0.0778. The van der Waals surface area contributed by atoms with Crippen LogP contribution in [-0.4, -0.2) is 55.2 Å². The predicted molar refractivity (Wildman–Crippen MR) is 105 cm³/mol. The van der Waals surface area contributed by atoms with E-state index in [-0.39, 0.29) is 24.0 Å². The normalized spacial score (nSPS) is 23.8. The molecule has 1 saturated heterocycles. The largest absolute Gasteiger partial charge is 0.483 e. The average Bonchev–Trinajstić information content (AvgIpc) is 3.12. The summed E-state index contributed by atoms with van der Waals surface area (Å²) in [5.41, 5.74) is 1.19. The van der Waals surface area contributed by atoms with Gasteiger partial charge < -0.3 is 20.1 Å². The third kappa shape index (κ3) is 4.59. The van der Waals surface area contributed by atoms with Crippen molar-refractivity contribution in [3.05, 3.63) is 33.5 Å². The molecule has 0 bridgehead atoms. The van der Waals surface area contributed by atoms with E-state index in [1.54, 1.807) is 11.3 Å². The summed E-state index contributed by atoms with van der Waals surface area (Å²) in [4.78, 5) is 25.6. The summed E-state index contributed by atoms with van der Waals surface area (Å²) in [6, 6.07) is 2.31. The highest BCUT2D eigenvalue weighted by Gasteiger charge is 2.42. The molecule has 0 saturated carbocycles. The van der Waals surface area contributed by atoms with Gasteiger partial charge >= 0.3 is 0 Å². The van der Waals surface area contributed by atoms with Crippen LogP contribution in [0.25, 0.3) is 0 Å². The summed E-state index contributed by atoms with van der Waals surface area (Å²) < 4.78 is 6.27. The number of fused-ring (bicyclic) bond motifs is 2. The second kappa shape index (κ2) is 8.99. The van der Waals surface area contributed by atoms with Crippen molar-refractivity contribution in [2.75, 3.05) is 26.7 Å². The molecule has 1 unspecified atom stereocenters. The van der Waals surface area contributed by atoms with Crippen molar-refractivity contribution < 1.29 is 19.4 Å². The molecule has 148 valence electrons. The maximum Gasteiger partial charge on any atom is 0.290 e. The van der Waals surface area contributed by atoms with Crippen LogP contribution in [0.4, 0.5) is 0 Å². The molecule has 0 aromatic carbocycles. The fourth-order valence-electron chi connectivity index (χ4n) is 4.06. The van der Waals surface area contributed by atoms with Gasteiger partial charge in [-0.2, -0.15) is 0 Å². The average molecular weight is 393 g/mol. The Morgan fingerprint density at radius 3 is 2.85 bits per heavy atom. The molecular weight excluding hydrogens is 364 g/mol. The van der Waals surface area contributed by atoms with E-state index in [1.807, 2.05) is 0 Å². The van der Waals surface area contributed by atoms with Crippen molar-refractivity contribution in [1.29, 1.82) is 0 Å². The van der Waals surface area contributed by atoms with Gasteiger partial charge in [-0.05, 0) is 57.2 Å². The first-order chi connectivity index (χ1) is 13.1. The zero-order valence-corrected chi connectivity index (χ0v) is 16.6. The van der Waals surface area contributed by atoms with Gasteiger partial charge in [0.05, 0.1) is 11.5 Å². The molecular formula is C20H28N2O4S. The van der Waals surface area contributed by atoms with Crippen LogP contribution in [0.15, 0.2) is 18.2 Å². The van der Waals surface area contributed by atoms with Gasteiger partial charge in [0.1, 0.15) is 5.60 Å². The third-order valence-corrected chi connectivity index (χ3v) is 6.92. The number of carbonyl (C=O) groups is 2. The van der Waals surface area contributed by atoms with Gasteiger partial charge in [0, 0.05) is 24.0 Å². The highest BCUT2D eigenvalue weighted by molar-refractivity contribution is 7.14. The predicted octanol–water partition coefficient (Wildman–Crippen LogP) is 2.78. The Bertz CT molecular complexity index is 692. The number of nitrogens with zero attached hydrogens (tertiary/aromatic N) is 1. The number of piperidine rings is 1. The molecule has 7 heteroatoms. The van der Waals surface area contributed by atoms with Crippen molar-refractivity contribution in [2.24, 2.45) is 0 Å². The van der Waals surface area contributed by atoms with Gasteiger partial charge in [0.25, 0.3) is 12.4 Å². The fraction of sp³-hybridized carbons (Fsp3) is 0.600. The molecule has 1 aliphatic carbocycles. The molecule has 0 radical (unpaired) electrons. The smallest absolute Gasteiger partial charge is 0.290 e. The van der Waals surface area contributed by atoms with Crippen LogP contribution >= 0.6 is 11.3 Å². The molecule has 3 heterocycles. The topological polar surface area (TPSA) is 78.9 Å². The number of amides is 1. The zero-order chi connectivity index (χ0) is 19.3. The Hall–Kier alpha value is -1.70. The van der Waals surface area contributed by atoms with E-state index in [1.165, 1.54) is 10.4 Å². The van der Waals surface area contributed by atoms with Crippen LogP contribution in [0.1, 0.15) is 52.2 Å². The molecule has 1 amide bonds. The first-order valence-electron chi connectivity index (χ1n) is 9.59. The zero-order valence-electron chi connectivity index (χ0n) is 15.8. The van der Waals surface area contributed by atoms with E-state index < -0.39 is 0 Å². The van der Waals surface area contributed by atoms with Gasteiger partial charge in [0.15, 0.2) is 0 Å². The summed E-state index contributed by atoms with van der Waals surface area (Å²) in [5, 5.41) is 10.1. The number of rotatable bonds is 2. The molecule has 27 heavy (non-hydrogen) atoms. The molecule has 2 N–H and O–H groups in total. The number of allylic oxidation sites excluding steroid dienone is 1. The molecule has 1 aromatic rings. The molecule has 1 atom stereocenters. The van der Waals surface area contributed by atoms with Gasteiger partial charge in [-0.25, -0.2) is 0 Å². The van der Waals surface area contributed by atoms with Crippen molar-refractivity contribution in [1.82, 2.24) is 10.2 Å². The van der Waals surface area contributed by atoms with Crippen LogP contribution in [0.3, 0.4) is 0 Å². The number of carbonyl (C=O) groups excluding carboxylic acids is 1. The molecule has 1 spiro atoms. The van der Waals surface area contributed by atoms with Crippen molar-refractivity contribution in [3.8, 4) is 0 Å². The number of ether oxygens (including phenoxy) is 1. The molecule has 1 fully saturated rings. The first-order valence-corrected chi connectivity index (χ1v) is 10.4. The number of hydrogen-bond acceptors (Lipinski definition) is 5. The second-order valence-corrected chi connectivity index (χ2v) is 8.46. The fourth-order valence-corrected chi connectivity index (χ4v) is 5.37. The van der Waals surface area contributed by atoms with Gasteiger partial charge in [-0.1, -0.05) is 12.2 Å². The third-order valence-electron chi connectivity index (χ3n) is 5.56. The minimum Gasteiger partial charge on any atom is -0.483 e. The van der Waals surface area contributed by atoms with Gasteiger partial charge in [0.2, 0.25) is 0 Å². The Balaban J connectivity index is 0.000000659. The lowest BCUT2D eigenvalue weighted by atomic mass is 9.85. The Morgan fingerprint density at radius 1 is 1.44 bits per heavy atom. The van der Waals surface area contributed by atoms with E-state index in [2.05, 4.69) is 35.5 Å². The molecule has 6 nitrogen and oxygen atoms in total. The molecule has 4 rings (SSSR count). The van der Waals surface area contributed by atoms with E-state index in [9.17, 15) is 4.79 Å². The second-order valence-electron chi connectivity index (χ2n) is 7.41. The standard InChI is InChI=1S/C19H26N2O2S.CH2O2/c1-21-10-8-19(9-11-21)17-14(7-12-23-19)13-16(24-17)18(22)20-15-5-3-2-4-6-15;2-1-3/h3,5,13,15H,2,4,6-12H2,1H3,(H,20,22);1H,(H,2,3). The highest BCUT2D eigenvalue weighted by Crippen LogP contribution is 2.45. The maximum atomic E-state index is 12.7. The van der Waals surface area contributed by atoms with E-state index in [0.717, 1.165) is 63.1 Å². The summed E-state index contributed by atoms with van der Waals surface area (Å²) in [7, 11) is 2.17. The minimum atomic E-state index is -0.250. The Kier molecular flexibility index (Phi) is 6.68. The number of nitrogens with one attached hydrogen (secondary N) is 1. The number of thiophene rings is 1. The quantitative estimate of drug-likeness (QED) is 0.598. The Morgan fingerprint density at radius 2 is 2.19 bits per heavy atom. The van der Waals surface area contributed by atoms with Gasteiger partial charge in [-0.15, -0.1) is 11.3 Å². The van der Waals surface area contributed by atoms with E-state index in [0.29, 0.717) is 0 Å². The lowest BCUT2D eigenvalue weighted by Gasteiger charge is -2.42. The number of carboxylic acid groups (broad SMARTS) is 1. The maximum absolute atomic E-state index is 12.7. The van der Waals surface area contributed by atoms with E-state index >= 15 is 0 Å². The minimum absolute atomic E-state index is 0.0778. The van der Waals surface area contributed by atoms with Crippen molar-refractivity contribution in [3.63, 3.8) is 0 Å². The summed E-state index contributed by atoms with van der Waals surface area (Å²) in [6.07, 6.45) is 10.6. The van der Waals surface area contributed by atoms with Crippen LogP contribution < -0.4 is 5.32 Å². The monoisotopic (exact) mass is 392 g/mol. The molecule has 1 aromatic heterocycles. The number of likely N-dealkylation sites (tertiary alicyclic amines) is 1. The van der Waals surface area contributed by atoms with Crippen molar-refractivity contribution in [2.45, 2.75) is 50.2 Å². The van der Waals surface area contributed by atoms with Crippen molar-refractivity contribution >= 4 is 23.7 Å². The summed E-state index contributed by atoms with van der Waals surface area (Å²) in [6.45, 7) is 2.65. The number of hydrogen-bond donors (Lipinski definition) is 2. The van der Waals surface area contributed by atoms with E-state index in [4.69, 9.17) is 14.6 Å². The lowest BCUT2D eigenvalue weighted by Crippen LogP contribution is -2.44. The van der Waals surface area contributed by atoms with Crippen LogP contribution in [0.5, 0.6) is 0 Å². The van der Waals surface area contributed by atoms with Crippen LogP contribution in [0.2, 0.25) is 0 Å². The molecule has 3 aliphatic rings. The molecule has 2 aliphatic heterocycles. The van der Waals surface area contributed by atoms with Crippen LogP contribution in [-0.2, 0) is 21.6 Å². The van der Waals surface area contributed by atoms with Gasteiger partial charge in [-0.3, -0.25) is 9.59 Å². The lowest BCUT2D eigenvalue weighted by molar-refractivity contribution is -0.122. The highest BCUT2D eigenvalue weighted by atomic mass is 32.1. The summed E-state index contributed by atoms with van der Waals surface area (Å²) >= 11 is 1.66.